The van der Waals surface area contributed by atoms with Crippen molar-refractivity contribution in [3.05, 3.63) is 34.1 Å². The fourth-order valence-corrected chi connectivity index (χ4v) is 1.34. The number of benzene rings is 1. The van der Waals surface area contributed by atoms with Gasteiger partial charge in [0.2, 0.25) is 0 Å². The third-order valence-corrected chi connectivity index (χ3v) is 2.50. The first kappa shape index (κ1) is 10.5. The van der Waals surface area contributed by atoms with Crippen LogP contribution in [-0.2, 0) is 4.79 Å². The molecule has 0 spiro atoms. The smallest absolute Gasteiger partial charge is 0.326 e. The predicted molar refractivity (Wildman–Crippen MR) is 50.3 cm³/mol. The first-order chi connectivity index (χ1) is 6.02. The van der Waals surface area contributed by atoms with E-state index in [1.54, 1.807) is 0 Å². The molecule has 2 nitrogen and oxygen atoms in total. The summed E-state index contributed by atoms with van der Waals surface area (Å²) in [5.41, 5.74) is 0.349. The fraction of sp³-hybridized carbons (Fsp3) is 0.125. The van der Waals surface area contributed by atoms with Gasteiger partial charge in [-0.3, -0.25) is 4.79 Å². The van der Waals surface area contributed by atoms with Gasteiger partial charge in [-0.25, -0.2) is 4.39 Å². The topological polar surface area (TPSA) is 37.3 Å². The van der Waals surface area contributed by atoms with E-state index >= 15 is 0 Å². The highest BCUT2D eigenvalue weighted by molar-refractivity contribution is 9.10. The number of aliphatic carboxylic acids is 1. The van der Waals surface area contributed by atoms with Crippen molar-refractivity contribution in [1.82, 2.24) is 0 Å². The molecule has 0 heterocycles. The highest BCUT2D eigenvalue weighted by atomic mass is 79.9. The summed E-state index contributed by atoms with van der Waals surface area (Å²) >= 11 is 8.46. The van der Waals surface area contributed by atoms with E-state index in [1.165, 1.54) is 12.1 Å². The minimum absolute atomic E-state index is 0.205. The number of carboxylic acid groups (broad SMARTS) is 1. The molecule has 1 rings (SSSR count). The van der Waals surface area contributed by atoms with E-state index in [9.17, 15) is 9.18 Å². The van der Waals surface area contributed by atoms with Gasteiger partial charge in [0, 0.05) is 0 Å². The maximum Gasteiger partial charge on any atom is 0.326 e. The summed E-state index contributed by atoms with van der Waals surface area (Å²) in [6.07, 6.45) is 0. The predicted octanol–water partition coefficient (Wildman–Crippen LogP) is 2.95. The number of carbonyl (C=O) groups is 1. The van der Waals surface area contributed by atoms with Crippen LogP contribution in [0.25, 0.3) is 0 Å². The summed E-state index contributed by atoms with van der Waals surface area (Å²) in [5, 5.41) is 7.41. The van der Waals surface area contributed by atoms with Crippen molar-refractivity contribution in [1.29, 1.82) is 0 Å². The fourth-order valence-electron chi connectivity index (χ4n) is 0.813. The van der Waals surface area contributed by atoms with Crippen molar-refractivity contribution in [2.24, 2.45) is 0 Å². The third-order valence-electron chi connectivity index (χ3n) is 1.45. The van der Waals surface area contributed by atoms with Gasteiger partial charge in [-0.2, -0.15) is 0 Å². The van der Waals surface area contributed by atoms with Crippen molar-refractivity contribution in [2.75, 3.05) is 0 Å². The monoisotopic (exact) mass is 266 g/mol. The molecule has 0 aromatic heterocycles. The third kappa shape index (κ3) is 2.42. The Morgan fingerprint density at radius 3 is 2.69 bits per heavy atom. The first-order valence-corrected chi connectivity index (χ1v) is 4.57. The first-order valence-electron chi connectivity index (χ1n) is 3.34. The average molecular weight is 267 g/mol. The molecule has 0 fully saturated rings. The molecule has 0 aliphatic carbocycles. The summed E-state index contributed by atoms with van der Waals surface area (Å²) in [4.78, 5) is 10.5. The quantitative estimate of drug-likeness (QED) is 0.837. The van der Waals surface area contributed by atoms with Crippen LogP contribution in [0.3, 0.4) is 0 Å². The second kappa shape index (κ2) is 4.07. The molecule has 0 bridgehead atoms. The molecule has 0 saturated carbocycles. The molecule has 0 saturated heterocycles. The highest BCUT2D eigenvalue weighted by Gasteiger charge is 2.16. The molecule has 1 aromatic carbocycles. The summed E-state index contributed by atoms with van der Waals surface area (Å²) in [6, 6.07) is 3.85. The Labute approximate surface area is 87.5 Å². The van der Waals surface area contributed by atoms with E-state index in [0.717, 1.165) is 6.07 Å². The number of halogens is 3. The Kier molecular flexibility index (Phi) is 3.27. The highest BCUT2D eigenvalue weighted by Crippen LogP contribution is 2.25. The van der Waals surface area contributed by atoms with E-state index in [0.29, 0.717) is 5.56 Å². The molecule has 0 aliphatic rings. The number of rotatable bonds is 2. The Bertz CT molecular complexity index is 343. The van der Waals surface area contributed by atoms with Crippen LogP contribution in [-0.4, -0.2) is 11.1 Å². The number of alkyl halides is 1. The zero-order valence-corrected chi connectivity index (χ0v) is 8.64. The van der Waals surface area contributed by atoms with Crippen molar-refractivity contribution in [3.8, 4) is 0 Å². The molecular weight excluding hydrogens is 262 g/mol. The number of carboxylic acids is 1. The number of hydrogen-bond acceptors (Lipinski definition) is 1. The van der Waals surface area contributed by atoms with E-state index < -0.39 is 17.2 Å². The van der Waals surface area contributed by atoms with Crippen molar-refractivity contribution >= 4 is 33.5 Å². The number of hydrogen-bond donors (Lipinski definition) is 1. The van der Waals surface area contributed by atoms with Crippen molar-refractivity contribution in [3.63, 3.8) is 0 Å². The normalized spacial score (nSPS) is 12.5. The van der Waals surface area contributed by atoms with Gasteiger partial charge < -0.3 is 5.11 Å². The zero-order valence-electron chi connectivity index (χ0n) is 6.30. The van der Waals surface area contributed by atoms with Gasteiger partial charge in [0.1, 0.15) is 5.82 Å². The summed E-state index contributed by atoms with van der Waals surface area (Å²) < 4.78 is 12.9. The maximum absolute atomic E-state index is 12.7. The van der Waals surface area contributed by atoms with Crippen LogP contribution in [0.2, 0.25) is 0 Å². The van der Waals surface area contributed by atoms with E-state index in [1.807, 2.05) is 0 Å². The summed E-state index contributed by atoms with van der Waals surface area (Å²) in [6.45, 7) is 0. The van der Waals surface area contributed by atoms with Gasteiger partial charge in [0.05, 0.1) is 4.47 Å². The molecule has 1 N–H and O–H groups in total. The van der Waals surface area contributed by atoms with Crippen LogP contribution < -0.4 is 0 Å². The minimum Gasteiger partial charge on any atom is -0.480 e. The lowest BCUT2D eigenvalue weighted by Crippen LogP contribution is -2.04. The van der Waals surface area contributed by atoms with Crippen LogP contribution in [0.15, 0.2) is 22.7 Å². The zero-order chi connectivity index (χ0) is 10.0. The van der Waals surface area contributed by atoms with Gasteiger partial charge in [-0.15, -0.1) is 11.6 Å². The SMILES string of the molecule is O=C(O)C(Cl)c1ccc(F)c(Br)c1. The largest absolute Gasteiger partial charge is 0.480 e. The summed E-state index contributed by atoms with van der Waals surface area (Å²) in [5.74, 6) is -1.60. The van der Waals surface area contributed by atoms with Crippen molar-refractivity contribution < 1.29 is 14.3 Å². The van der Waals surface area contributed by atoms with E-state index in [4.69, 9.17) is 16.7 Å². The lowest BCUT2D eigenvalue weighted by molar-refractivity contribution is -0.136. The molecule has 5 heteroatoms. The Morgan fingerprint density at radius 2 is 2.23 bits per heavy atom. The van der Waals surface area contributed by atoms with E-state index in [2.05, 4.69) is 15.9 Å². The van der Waals surface area contributed by atoms with Crippen molar-refractivity contribution in [2.45, 2.75) is 5.38 Å². The standard InChI is InChI=1S/C8H5BrClFO2/c9-5-3-4(1-2-6(5)11)7(10)8(12)13/h1-3,7H,(H,12,13). The Hall–Kier alpha value is -0.610. The second-order valence-corrected chi connectivity index (χ2v) is 3.67. The van der Waals surface area contributed by atoms with Gasteiger partial charge in [0.25, 0.3) is 0 Å². The molecule has 13 heavy (non-hydrogen) atoms. The molecule has 0 radical (unpaired) electrons. The molecular formula is C8H5BrClFO2. The van der Waals surface area contributed by atoms with Crippen LogP contribution in [0.5, 0.6) is 0 Å². The average Bonchev–Trinajstić information content (AvgIpc) is 2.08. The molecule has 1 unspecified atom stereocenters. The van der Waals surface area contributed by atoms with Crippen LogP contribution in [0, 0.1) is 5.82 Å². The summed E-state index contributed by atoms with van der Waals surface area (Å²) in [7, 11) is 0. The van der Waals surface area contributed by atoms with E-state index in [-0.39, 0.29) is 4.47 Å². The Balaban J connectivity index is 3.03. The molecule has 1 atom stereocenters. The maximum atomic E-state index is 12.7. The molecule has 70 valence electrons. The van der Waals surface area contributed by atoms with Gasteiger partial charge in [-0.1, -0.05) is 6.07 Å². The lowest BCUT2D eigenvalue weighted by atomic mass is 10.1. The second-order valence-electron chi connectivity index (χ2n) is 2.37. The minimum atomic E-state index is -1.15. The van der Waals surface area contributed by atoms with Gasteiger partial charge in [0.15, 0.2) is 5.38 Å². The lowest BCUT2D eigenvalue weighted by Gasteiger charge is -2.04. The molecule has 0 amide bonds. The molecule has 1 aromatic rings. The Morgan fingerprint density at radius 1 is 1.62 bits per heavy atom. The van der Waals surface area contributed by atoms with Crippen LogP contribution in [0.1, 0.15) is 10.9 Å². The van der Waals surface area contributed by atoms with Crippen LogP contribution >= 0.6 is 27.5 Å². The van der Waals surface area contributed by atoms with Gasteiger partial charge in [-0.05, 0) is 33.6 Å². The molecule has 0 aliphatic heterocycles. The van der Waals surface area contributed by atoms with Crippen LogP contribution in [0.4, 0.5) is 4.39 Å². The van der Waals surface area contributed by atoms with Gasteiger partial charge >= 0.3 is 5.97 Å².